The topological polar surface area (TPSA) is 135 Å². The van der Waals surface area contributed by atoms with Gasteiger partial charge in [0.15, 0.2) is 6.29 Å². The van der Waals surface area contributed by atoms with Crippen LogP contribution in [0.25, 0.3) is 0 Å². The maximum Gasteiger partial charge on any atom is 0.328 e. The van der Waals surface area contributed by atoms with Crippen molar-refractivity contribution in [3.8, 4) is 6.07 Å². The van der Waals surface area contributed by atoms with E-state index in [2.05, 4.69) is 37.3 Å². The van der Waals surface area contributed by atoms with Crippen molar-refractivity contribution in [1.82, 2.24) is 20.6 Å². The van der Waals surface area contributed by atoms with Crippen LogP contribution < -0.4 is 26.2 Å². The Bertz CT molecular complexity index is 1170. The number of aldehydes is 1. The lowest BCUT2D eigenvalue weighted by Crippen LogP contribution is -2.63. The molecule has 10 nitrogen and oxygen atoms in total. The van der Waals surface area contributed by atoms with E-state index in [1.54, 1.807) is 11.0 Å². The summed E-state index contributed by atoms with van der Waals surface area (Å²) in [5.41, 5.74) is 3.37. The van der Waals surface area contributed by atoms with Crippen LogP contribution in [0.2, 0.25) is 0 Å². The van der Waals surface area contributed by atoms with Gasteiger partial charge in [0.05, 0.1) is 11.3 Å². The molecule has 2 aromatic rings. The van der Waals surface area contributed by atoms with E-state index in [0.717, 1.165) is 68.5 Å². The quantitative estimate of drug-likeness (QED) is 0.321. The summed E-state index contributed by atoms with van der Waals surface area (Å²) in [6.45, 7) is 2.63. The van der Waals surface area contributed by atoms with Crippen LogP contribution in [0.3, 0.4) is 0 Å². The van der Waals surface area contributed by atoms with Crippen LogP contribution in [0.15, 0.2) is 18.3 Å². The number of rotatable bonds is 9. The molecule has 2 bridgehead atoms. The number of nitrogens with one attached hydrogen (secondary N) is 4. The van der Waals surface area contributed by atoms with Crippen molar-refractivity contribution in [2.75, 3.05) is 42.2 Å². The molecule has 3 aliphatic carbocycles. The third-order valence-corrected chi connectivity index (χ3v) is 7.20. The van der Waals surface area contributed by atoms with Crippen molar-refractivity contribution < 1.29 is 9.59 Å². The molecule has 10 heteroatoms. The number of fused-ring (bicyclic) bond motifs is 1. The number of nitrogens with zero attached hydrogens (tertiary/aromatic N) is 4. The van der Waals surface area contributed by atoms with Crippen LogP contribution in [-0.2, 0) is 13.0 Å². The third-order valence-electron chi connectivity index (χ3n) is 7.20. The minimum absolute atomic E-state index is 0.0967. The molecule has 2 amide bonds. The Morgan fingerprint density at radius 2 is 2.14 bits per heavy atom. The first-order valence-electron chi connectivity index (χ1n) is 12.1. The standard InChI is InChI=1S/C25H30N8O2/c1-27-4-5-28-13-18-7-17-3-2-6-33(23(17)30-21(18)15-34)24(35)31-22-8-20(19(12-26)14-29-22)32-25-9-16(10-25)11-25/h7-8,14-16,27-28H,2-6,9-11,13H2,1H3,(H2,29,31,32,35). The first-order valence-corrected chi connectivity index (χ1v) is 12.1. The van der Waals surface area contributed by atoms with Gasteiger partial charge in [-0.15, -0.1) is 0 Å². The van der Waals surface area contributed by atoms with Gasteiger partial charge in [-0.05, 0) is 62.3 Å². The van der Waals surface area contributed by atoms with Gasteiger partial charge in [-0.2, -0.15) is 5.26 Å². The zero-order valence-electron chi connectivity index (χ0n) is 19.9. The number of likely N-dealkylation sites (N-methyl/N-ethyl adjacent to an activating group) is 1. The molecular formula is C25H30N8O2. The molecular weight excluding hydrogens is 444 g/mol. The predicted octanol–water partition coefficient (Wildman–Crippen LogP) is 2.42. The summed E-state index contributed by atoms with van der Waals surface area (Å²) in [4.78, 5) is 35.4. The normalized spacial score (nSPS) is 21.7. The van der Waals surface area contributed by atoms with E-state index in [1.807, 2.05) is 13.1 Å². The molecule has 2 aromatic heterocycles. The predicted molar refractivity (Wildman–Crippen MR) is 133 cm³/mol. The molecule has 0 spiro atoms. The summed E-state index contributed by atoms with van der Waals surface area (Å²) >= 11 is 0. The van der Waals surface area contributed by atoms with Crippen LogP contribution in [0.1, 0.15) is 52.9 Å². The number of carbonyl (C=O) groups is 2. The van der Waals surface area contributed by atoms with Gasteiger partial charge < -0.3 is 16.0 Å². The Morgan fingerprint density at radius 1 is 1.31 bits per heavy atom. The third kappa shape index (κ3) is 4.57. The van der Waals surface area contributed by atoms with E-state index in [9.17, 15) is 14.9 Å². The molecule has 4 N–H and O–H groups in total. The molecule has 4 aliphatic rings. The molecule has 0 atom stereocenters. The molecule has 3 fully saturated rings. The number of aromatic nitrogens is 2. The molecule has 0 unspecified atom stereocenters. The van der Waals surface area contributed by atoms with Crippen molar-refractivity contribution in [3.05, 3.63) is 40.7 Å². The lowest BCUT2D eigenvalue weighted by atomic mass is 9.50. The Balaban J connectivity index is 1.32. The van der Waals surface area contributed by atoms with Gasteiger partial charge in [-0.1, -0.05) is 0 Å². The maximum atomic E-state index is 13.2. The molecule has 6 rings (SSSR count). The van der Waals surface area contributed by atoms with Gasteiger partial charge in [0.1, 0.15) is 23.4 Å². The summed E-state index contributed by atoms with van der Waals surface area (Å²) in [6, 6.07) is 5.53. The Morgan fingerprint density at radius 3 is 2.83 bits per heavy atom. The number of hydrogen-bond acceptors (Lipinski definition) is 8. The largest absolute Gasteiger partial charge is 0.378 e. The zero-order valence-corrected chi connectivity index (χ0v) is 19.9. The second-order valence-electron chi connectivity index (χ2n) is 9.71. The number of hydrogen-bond donors (Lipinski definition) is 4. The number of amides is 2. The van der Waals surface area contributed by atoms with E-state index in [1.165, 1.54) is 6.20 Å². The van der Waals surface area contributed by atoms with Gasteiger partial charge in [-0.3, -0.25) is 15.0 Å². The zero-order chi connectivity index (χ0) is 24.4. The second-order valence-corrected chi connectivity index (χ2v) is 9.71. The molecule has 0 saturated heterocycles. The number of anilines is 3. The van der Waals surface area contributed by atoms with Crippen molar-refractivity contribution in [2.45, 2.75) is 44.2 Å². The van der Waals surface area contributed by atoms with Crippen molar-refractivity contribution in [2.24, 2.45) is 5.92 Å². The van der Waals surface area contributed by atoms with Gasteiger partial charge in [0.25, 0.3) is 0 Å². The van der Waals surface area contributed by atoms with Crippen molar-refractivity contribution >= 4 is 29.6 Å². The Hall–Kier alpha value is -3.55. The molecule has 35 heavy (non-hydrogen) atoms. The fourth-order valence-corrected chi connectivity index (χ4v) is 5.25. The van der Waals surface area contributed by atoms with Crippen LogP contribution in [0.5, 0.6) is 0 Å². The molecule has 1 aliphatic heterocycles. The highest BCUT2D eigenvalue weighted by Gasteiger charge is 2.56. The van der Waals surface area contributed by atoms with Gasteiger partial charge >= 0.3 is 6.03 Å². The first kappa shape index (κ1) is 23.2. The van der Waals surface area contributed by atoms with E-state index < -0.39 is 0 Å². The van der Waals surface area contributed by atoms with Crippen molar-refractivity contribution in [1.29, 1.82) is 5.26 Å². The minimum Gasteiger partial charge on any atom is -0.378 e. The van der Waals surface area contributed by atoms with Gasteiger partial charge in [0, 0.05) is 44.0 Å². The first-order chi connectivity index (χ1) is 17.0. The number of pyridine rings is 2. The monoisotopic (exact) mass is 474 g/mol. The number of urea groups is 1. The van der Waals surface area contributed by atoms with Crippen LogP contribution in [0.4, 0.5) is 22.1 Å². The van der Waals surface area contributed by atoms with E-state index >= 15 is 0 Å². The van der Waals surface area contributed by atoms with Crippen LogP contribution in [-0.4, -0.2) is 54.5 Å². The highest BCUT2D eigenvalue weighted by atomic mass is 16.2. The maximum absolute atomic E-state index is 13.2. The highest BCUT2D eigenvalue weighted by Crippen LogP contribution is 2.58. The number of aryl methyl sites for hydroxylation is 1. The van der Waals surface area contributed by atoms with E-state index in [4.69, 9.17) is 0 Å². The number of nitriles is 1. The fraction of sp³-hybridized carbons (Fsp3) is 0.480. The smallest absolute Gasteiger partial charge is 0.328 e. The average Bonchev–Trinajstić information content (AvgIpc) is 2.82. The van der Waals surface area contributed by atoms with Gasteiger partial charge in [0.2, 0.25) is 0 Å². The molecule has 0 aromatic carbocycles. The van der Waals surface area contributed by atoms with Gasteiger partial charge in [-0.25, -0.2) is 14.8 Å². The second kappa shape index (κ2) is 9.60. The summed E-state index contributed by atoms with van der Waals surface area (Å²) in [5, 5.41) is 22.2. The molecule has 0 radical (unpaired) electrons. The molecule has 182 valence electrons. The average molecular weight is 475 g/mol. The summed E-state index contributed by atoms with van der Waals surface area (Å²) in [5.74, 6) is 1.69. The van der Waals surface area contributed by atoms with E-state index in [0.29, 0.717) is 41.7 Å². The fourth-order valence-electron chi connectivity index (χ4n) is 5.25. The Labute approximate surface area is 204 Å². The Kier molecular flexibility index (Phi) is 6.36. The summed E-state index contributed by atoms with van der Waals surface area (Å²) < 4.78 is 0. The van der Waals surface area contributed by atoms with Crippen molar-refractivity contribution in [3.63, 3.8) is 0 Å². The SMILES string of the molecule is CNCCNCc1cc2c(nc1C=O)N(C(=O)Nc1cc(NC34CC(C3)C4)c(C#N)cn1)CCC2. The lowest BCUT2D eigenvalue weighted by molar-refractivity contribution is 0.00212. The van der Waals surface area contributed by atoms with E-state index in [-0.39, 0.29) is 11.6 Å². The molecule has 3 heterocycles. The molecule has 3 saturated carbocycles. The number of carbonyl (C=O) groups excluding carboxylic acids is 2. The van der Waals surface area contributed by atoms with Crippen LogP contribution >= 0.6 is 0 Å². The lowest BCUT2D eigenvalue weighted by Gasteiger charge is -2.62. The highest BCUT2D eigenvalue weighted by molar-refractivity contribution is 6.01. The minimum atomic E-state index is -0.358. The summed E-state index contributed by atoms with van der Waals surface area (Å²) in [7, 11) is 1.89. The van der Waals surface area contributed by atoms with Crippen LogP contribution in [0, 0.1) is 17.2 Å². The summed E-state index contributed by atoms with van der Waals surface area (Å²) in [6.07, 6.45) is 7.21.